The fraction of sp³-hybridized carbons (Fsp3) is 0.444. The maximum atomic E-state index is 11.9. The summed E-state index contributed by atoms with van der Waals surface area (Å²) in [6.45, 7) is 1.59. The second-order valence-electron chi connectivity index (χ2n) is 6.28. The van der Waals surface area contributed by atoms with Crippen LogP contribution >= 0.6 is 0 Å². The molecule has 0 saturated heterocycles. The molecule has 0 radical (unpaired) electrons. The molecule has 0 aliphatic heterocycles. The van der Waals surface area contributed by atoms with Gasteiger partial charge < -0.3 is 35.0 Å². The second-order valence-corrected chi connectivity index (χ2v) is 6.28. The molecule has 0 spiro atoms. The van der Waals surface area contributed by atoms with Gasteiger partial charge >= 0.3 is 11.9 Å². The van der Waals surface area contributed by atoms with Crippen LogP contribution in [0.15, 0.2) is 24.3 Å². The Morgan fingerprint density at radius 1 is 1.19 bits per heavy atom. The molecule has 148 valence electrons. The zero-order chi connectivity index (χ0) is 20.2. The number of aliphatic hydroxyl groups is 3. The van der Waals surface area contributed by atoms with Crippen LogP contribution in [0.4, 0.5) is 0 Å². The molecule has 1 aromatic carbocycles. The van der Waals surface area contributed by atoms with Crippen molar-refractivity contribution in [3.63, 3.8) is 0 Å². The summed E-state index contributed by atoms with van der Waals surface area (Å²) in [4.78, 5) is 23.7. The molecule has 9 nitrogen and oxygen atoms in total. The first-order chi connectivity index (χ1) is 12.7. The minimum absolute atomic E-state index is 0.0311. The molecule has 1 fully saturated rings. The minimum atomic E-state index is -2.06. The molecule has 0 aromatic heterocycles. The van der Waals surface area contributed by atoms with Gasteiger partial charge in [0.2, 0.25) is 0 Å². The van der Waals surface area contributed by atoms with Crippen molar-refractivity contribution in [2.45, 2.75) is 43.7 Å². The van der Waals surface area contributed by atoms with Gasteiger partial charge in [0.1, 0.15) is 0 Å². The van der Waals surface area contributed by atoms with Gasteiger partial charge in [-0.15, -0.1) is 0 Å². The summed E-state index contributed by atoms with van der Waals surface area (Å²) in [6.07, 6.45) is -2.86. The Morgan fingerprint density at radius 2 is 1.81 bits per heavy atom. The van der Waals surface area contributed by atoms with Crippen molar-refractivity contribution in [2.24, 2.45) is 0 Å². The number of esters is 2. The molecule has 1 saturated carbocycles. The molecule has 0 bridgehead atoms. The lowest BCUT2D eigenvalue weighted by atomic mass is 9.79. The Balaban J connectivity index is 2.00. The highest BCUT2D eigenvalue weighted by Gasteiger charge is 2.51. The molecule has 1 aliphatic carbocycles. The first-order valence-electron chi connectivity index (χ1n) is 8.32. The second kappa shape index (κ2) is 8.38. The molecule has 9 heteroatoms. The number of phenols is 2. The van der Waals surface area contributed by atoms with Gasteiger partial charge in [0.15, 0.2) is 23.2 Å². The predicted molar refractivity (Wildman–Crippen MR) is 91.5 cm³/mol. The van der Waals surface area contributed by atoms with Gasteiger partial charge in [-0.2, -0.15) is 0 Å². The van der Waals surface area contributed by atoms with Crippen LogP contribution in [0.2, 0.25) is 0 Å². The summed E-state index contributed by atoms with van der Waals surface area (Å²) in [6, 6.07) is 3.91. The third-order valence-corrected chi connectivity index (χ3v) is 4.17. The highest BCUT2D eigenvalue weighted by Crippen LogP contribution is 2.32. The van der Waals surface area contributed by atoms with Crippen molar-refractivity contribution in [3.05, 3.63) is 29.8 Å². The molecule has 5 N–H and O–H groups in total. The van der Waals surface area contributed by atoms with Crippen molar-refractivity contribution in [1.82, 2.24) is 0 Å². The van der Waals surface area contributed by atoms with E-state index in [1.54, 1.807) is 6.92 Å². The fourth-order valence-electron chi connectivity index (χ4n) is 2.84. The highest BCUT2D eigenvalue weighted by atomic mass is 16.6. The van der Waals surface area contributed by atoms with Crippen molar-refractivity contribution >= 4 is 18.0 Å². The Labute approximate surface area is 155 Å². The van der Waals surface area contributed by atoms with Crippen molar-refractivity contribution in [3.8, 4) is 11.5 Å². The number of ether oxygens (including phenoxy) is 2. The van der Waals surface area contributed by atoms with E-state index in [9.17, 15) is 35.1 Å². The summed E-state index contributed by atoms with van der Waals surface area (Å²) in [7, 11) is 0. The van der Waals surface area contributed by atoms with Crippen LogP contribution < -0.4 is 0 Å². The van der Waals surface area contributed by atoms with Crippen molar-refractivity contribution < 1.29 is 44.6 Å². The van der Waals surface area contributed by atoms with Crippen LogP contribution in [0.5, 0.6) is 11.5 Å². The van der Waals surface area contributed by atoms with Gasteiger partial charge in [-0.25, -0.2) is 9.59 Å². The van der Waals surface area contributed by atoms with Crippen molar-refractivity contribution in [1.29, 1.82) is 0 Å². The van der Waals surface area contributed by atoms with Crippen LogP contribution in [0.25, 0.3) is 6.08 Å². The zero-order valence-corrected chi connectivity index (χ0v) is 14.6. The monoisotopic (exact) mass is 382 g/mol. The summed E-state index contributed by atoms with van der Waals surface area (Å²) in [5.74, 6) is -2.51. The lowest BCUT2D eigenvalue weighted by Crippen LogP contribution is -2.57. The van der Waals surface area contributed by atoms with E-state index in [0.29, 0.717) is 5.56 Å². The molecular formula is C18H22O9. The van der Waals surface area contributed by atoms with E-state index in [1.807, 2.05) is 0 Å². The van der Waals surface area contributed by atoms with Gasteiger partial charge in [-0.3, -0.25) is 0 Å². The number of aromatic hydroxyl groups is 2. The molecule has 2 atom stereocenters. The zero-order valence-electron chi connectivity index (χ0n) is 14.6. The van der Waals surface area contributed by atoms with E-state index in [1.165, 1.54) is 24.3 Å². The highest BCUT2D eigenvalue weighted by molar-refractivity contribution is 5.87. The van der Waals surface area contributed by atoms with E-state index < -0.39 is 48.7 Å². The van der Waals surface area contributed by atoms with Crippen LogP contribution in [0, 0.1) is 0 Å². The molecule has 0 amide bonds. The number of carbonyl (C=O) groups excluding carboxylic acids is 2. The lowest BCUT2D eigenvalue weighted by molar-refractivity contribution is -0.199. The van der Waals surface area contributed by atoms with Crippen LogP contribution in [0.3, 0.4) is 0 Å². The minimum Gasteiger partial charge on any atom is -0.504 e. The van der Waals surface area contributed by atoms with E-state index >= 15 is 0 Å². The van der Waals surface area contributed by atoms with E-state index in [4.69, 9.17) is 9.47 Å². The third-order valence-electron chi connectivity index (χ3n) is 4.17. The number of hydrogen-bond acceptors (Lipinski definition) is 9. The summed E-state index contributed by atoms with van der Waals surface area (Å²) >= 11 is 0. The fourth-order valence-corrected chi connectivity index (χ4v) is 2.84. The van der Waals surface area contributed by atoms with Crippen molar-refractivity contribution in [2.75, 3.05) is 6.61 Å². The number of rotatable bonds is 5. The first kappa shape index (κ1) is 20.7. The number of benzene rings is 1. The molecular weight excluding hydrogens is 360 g/mol. The lowest BCUT2D eigenvalue weighted by Gasteiger charge is -2.39. The first-order valence-corrected chi connectivity index (χ1v) is 8.32. The summed E-state index contributed by atoms with van der Waals surface area (Å²) < 4.78 is 9.76. The smallest absolute Gasteiger partial charge is 0.338 e. The van der Waals surface area contributed by atoms with Crippen LogP contribution in [-0.4, -0.2) is 68.0 Å². The maximum absolute atomic E-state index is 11.9. The van der Waals surface area contributed by atoms with Gasteiger partial charge in [-0.1, -0.05) is 6.07 Å². The normalized spacial score (nSPS) is 28.1. The van der Waals surface area contributed by atoms with E-state index in [-0.39, 0.29) is 18.1 Å². The molecule has 2 rings (SSSR count). The Hall–Kier alpha value is -2.62. The van der Waals surface area contributed by atoms with Crippen LogP contribution in [0.1, 0.15) is 25.3 Å². The van der Waals surface area contributed by atoms with Crippen LogP contribution in [-0.2, 0) is 19.1 Å². The molecule has 2 unspecified atom stereocenters. The topological polar surface area (TPSA) is 154 Å². The average molecular weight is 382 g/mol. The number of hydrogen-bond donors (Lipinski definition) is 5. The number of aliphatic hydroxyl groups excluding tert-OH is 2. The van der Waals surface area contributed by atoms with E-state index in [2.05, 4.69) is 0 Å². The van der Waals surface area contributed by atoms with E-state index in [0.717, 1.165) is 6.08 Å². The molecule has 0 heterocycles. The maximum Gasteiger partial charge on any atom is 0.338 e. The standard InChI is InChI=1S/C18H22O9/c1-2-26-17(24)18(25)8-13(21)16(14(22)9-18)27-15(23)6-4-10-3-5-11(19)12(20)7-10/h3-7,13-14,16,19-22,25H,2,8-9H2,1H3. The summed E-state index contributed by atoms with van der Waals surface area (Å²) in [5.41, 5.74) is -1.65. The Morgan fingerprint density at radius 3 is 2.37 bits per heavy atom. The average Bonchev–Trinajstić information content (AvgIpc) is 2.59. The SMILES string of the molecule is CCOC(=O)C1(O)CC(O)C(OC(=O)C=Cc2ccc(O)c(O)c2)C(O)C1. The van der Waals surface area contributed by atoms with Gasteiger partial charge in [0.05, 0.1) is 18.8 Å². The largest absolute Gasteiger partial charge is 0.504 e. The number of carbonyl (C=O) groups is 2. The number of phenolic OH excluding ortho intramolecular Hbond substituents is 2. The van der Waals surface area contributed by atoms with Gasteiger partial charge in [0, 0.05) is 18.9 Å². The molecule has 1 aliphatic rings. The van der Waals surface area contributed by atoms with Gasteiger partial charge in [-0.05, 0) is 30.7 Å². The molecule has 27 heavy (non-hydrogen) atoms. The predicted octanol–water partition coefficient (Wildman–Crippen LogP) is -0.167. The summed E-state index contributed by atoms with van der Waals surface area (Å²) in [5, 5.41) is 49.1. The Bertz CT molecular complexity index is 716. The third kappa shape index (κ3) is 4.97. The molecule has 1 aromatic rings. The quantitative estimate of drug-likeness (QED) is 0.265. The Kier molecular flexibility index (Phi) is 6.42. The van der Waals surface area contributed by atoms with Gasteiger partial charge in [0.25, 0.3) is 0 Å².